The molecule has 3 nitrogen and oxygen atoms in total. The van der Waals surface area contributed by atoms with Gasteiger partial charge in [-0.2, -0.15) is 0 Å². The molecule has 94 valence electrons. The molecule has 3 heteroatoms. The van der Waals surface area contributed by atoms with Crippen LogP contribution in [0.3, 0.4) is 0 Å². The van der Waals surface area contributed by atoms with Gasteiger partial charge >= 0.3 is 0 Å². The monoisotopic (exact) mass is 234 g/mol. The van der Waals surface area contributed by atoms with E-state index in [9.17, 15) is 4.79 Å². The van der Waals surface area contributed by atoms with Crippen LogP contribution in [0.15, 0.2) is 30.3 Å². The number of nitrogens with two attached hydrogens (primary N) is 1. The molecule has 1 atom stereocenters. The van der Waals surface area contributed by atoms with Crippen LogP contribution in [0.2, 0.25) is 0 Å². The molecule has 0 radical (unpaired) electrons. The van der Waals surface area contributed by atoms with Gasteiger partial charge in [-0.1, -0.05) is 44.2 Å². The van der Waals surface area contributed by atoms with Crippen LogP contribution in [-0.2, 0) is 11.2 Å². The number of benzene rings is 1. The number of hydrogen-bond donors (Lipinski definition) is 2. The summed E-state index contributed by atoms with van der Waals surface area (Å²) in [7, 11) is 0. The van der Waals surface area contributed by atoms with Gasteiger partial charge in [-0.05, 0) is 24.4 Å². The summed E-state index contributed by atoms with van der Waals surface area (Å²) in [5.74, 6) is 0.488. The molecule has 17 heavy (non-hydrogen) atoms. The van der Waals surface area contributed by atoms with Crippen molar-refractivity contribution in [1.82, 2.24) is 5.32 Å². The molecule has 1 rings (SSSR count). The number of nitrogens with one attached hydrogen (secondary N) is 1. The van der Waals surface area contributed by atoms with Crippen LogP contribution in [0, 0.1) is 5.92 Å². The summed E-state index contributed by atoms with van der Waals surface area (Å²) >= 11 is 0. The van der Waals surface area contributed by atoms with Crippen molar-refractivity contribution < 1.29 is 4.79 Å². The maximum atomic E-state index is 11.9. The van der Waals surface area contributed by atoms with E-state index in [0.717, 1.165) is 12.0 Å². The zero-order valence-corrected chi connectivity index (χ0v) is 10.6. The highest BCUT2D eigenvalue weighted by molar-refractivity contribution is 5.78. The third-order valence-corrected chi connectivity index (χ3v) is 2.84. The molecule has 0 aromatic heterocycles. The second-order valence-corrected chi connectivity index (χ2v) is 4.66. The Balaban J connectivity index is 2.48. The van der Waals surface area contributed by atoms with Gasteiger partial charge < -0.3 is 11.1 Å². The Kier molecular flexibility index (Phi) is 5.70. The molecular formula is C14H22N2O. The van der Waals surface area contributed by atoms with E-state index in [2.05, 4.69) is 19.2 Å². The van der Waals surface area contributed by atoms with Crippen LogP contribution in [0.1, 0.15) is 25.8 Å². The SMILES string of the molecule is CC(C)C(CCN)NC(=O)Cc1ccccc1. The van der Waals surface area contributed by atoms with Crippen molar-refractivity contribution in [3.63, 3.8) is 0 Å². The zero-order chi connectivity index (χ0) is 12.7. The van der Waals surface area contributed by atoms with Gasteiger partial charge in [0.25, 0.3) is 0 Å². The summed E-state index contributed by atoms with van der Waals surface area (Å²) in [6.45, 7) is 4.81. The molecule has 0 aliphatic rings. The average Bonchev–Trinajstić information content (AvgIpc) is 2.29. The molecule has 1 aromatic rings. The molecule has 0 aliphatic carbocycles. The van der Waals surface area contributed by atoms with E-state index < -0.39 is 0 Å². The number of amides is 1. The number of carbonyl (C=O) groups is 1. The predicted octanol–water partition coefficient (Wildman–Crippen LogP) is 1.72. The summed E-state index contributed by atoms with van der Waals surface area (Å²) in [6, 6.07) is 9.95. The zero-order valence-electron chi connectivity index (χ0n) is 10.6. The van der Waals surface area contributed by atoms with Crippen molar-refractivity contribution in [3.05, 3.63) is 35.9 Å². The highest BCUT2D eigenvalue weighted by Gasteiger charge is 2.15. The van der Waals surface area contributed by atoms with Crippen molar-refractivity contribution in [2.45, 2.75) is 32.7 Å². The largest absolute Gasteiger partial charge is 0.353 e. The van der Waals surface area contributed by atoms with Crippen molar-refractivity contribution in [3.8, 4) is 0 Å². The fourth-order valence-electron chi connectivity index (χ4n) is 1.79. The van der Waals surface area contributed by atoms with E-state index in [4.69, 9.17) is 5.73 Å². The second-order valence-electron chi connectivity index (χ2n) is 4.66. The van der Waals surface area contributed by atoms with Crippen LogP contribution in [0.25, 0.3) is 0 Å². The standard InChI is InChI=1S/C14H22N2O/c1-11(2)13(8-9-15)16-14(17)10-12-6-4-3-5-7-12/h3-7,11,13H,8-10,15H2,1-2H3,(H,16,17). The number of rotatable bonds is 6. The summed E-state index contributed by atoms with van der Waals surface area (Å²) < 4.78 is 0. The predicted molar refractivity (Wildman–Crippen MR) is 70.6 cm³/mol. The molecule has 3 N–H and O–H groups in total. The van der Waals surface area contributed by atoms with E-state index in [1.807, 2.05) is 30.3 Å². The van der Waals surface area contributed by atoms with Crippen molar-refractivity contribution in [1.29, 1.82) is 0 Å². The summed E-state index contributed by atoms with van der Waals surface area (Å²) in [6.07, 6.45) is 1.27. The molecule has 1 amide bonds. The molecule has 0 heterocycles. The van der Waals surface area contributed by atoms with Crippen LogP contribution in [0.4, 0.5) is 0 Å². The van der Waals surface area contributed by atoms with Gasteiger partial charge in [0.1, 0.15) is 0 Å². The fraction of sp³-hybridized carbons (Fsp3) is 0.500. The summed E-state index contributed by atoms with van der Waals surface area (Å²) in [4.78, 5) is 11.9. The third kappa shape index (κ3) is 5.00. The van der Waals surface area contributed by atoms with Gasteiger partial charge in [0.2, 0.25) is 5.91 Å². The first-order chi connectivity index (χ1) is 8.13. The first-order valence-corrected chi connectivity index (χ1v) is 6.17. The molecule has 0 aliphatic heterocycles. The lowest BCUT2D eigenvalue weighted by Crippen LogP contribution is -2.40. The Morgan fingerprint density at radius 3 is 2.47 bits per heavy atom. The lowest BCUT2D eigenvalue weighted by Gasteiger charge is -2.21. The minimum Gasteiger partial charge on any atom is -0.353 e. The quantitative estimate of drug-likeness (QED) is 0.787. The number of carbonyl (C=O) groups excluding carboxylic acids is 1. The van der Waals surface area contributed by atoms with Gasteiger partial charge in [-0.15, -0.1) is 0 Å². The van der Waals surface area contributed by atoms with E-state index in [1.54, 1.807) is 0 Å². The summed E-state index contributed by atoms with van der Waals surface area (Å²) in [5, 5.41) is 3.05. The van der Waals surface area contributed by atoms with Gasteiger partial charge in [-0.25, -0.2) is 0 Å². The third-order valence-electron chi connectivity index (χ3n) is 2.84. The van der Waals surface area contributed by atoms with Crippen LogP contribution < -0.4 is 11.1 Å². The maximum absolute atomic E-state index is 11.9. The fourth-order valence-corrected chi connectivity index (χ4v) is 1.79. The van der Waals surface area contributed by atoms with Crippen LogP contribution >= 0.6 is 0 Å². The molecule has 0 saturated carbocycles. The highest BCUT2D eigenvalue weighted by atomic mass is 16.1. The highest BCUT2D eigenvalue weighted by Crippen LogP contribution is 2.06. The molecule has 1 aromatic carbocycles. The van der Waals surface area contributed by atoms with Crippen molar-refractivity contribution in [2.24, 2.45) is 11.7 Å². The van der Waals surface area contributed by atoms with Gasteiger partial charge in [0.05, 0.1) is 6.42 Å². The first-order valence-electron chi connectivity index (χ1n) is 6.17. The smallest absolute Gasteiger partial charge is 0.224 e. The normalized spacial score (nSPS) is 12.5. The Labute approximate surface area is 103 Å². The lowest BCUT2D eigenvalue weighted by atomic mass is 10.0. The maximum Gasteiger partial charge on any atom is 0.224 e. The van der Waals surface area contributed by atoms with Gasteiger partial charge in [-0.3, -0.25) is 4.79 Å². The minimum atomic E-state index is 0.0725. The Hall–Kier alpha value is -1.35. The van der Waals surface area contributed by atoms with Crippen molar-refractivity contribution >= 4 is 5.91 Å². The molecule has 0 saturated heterocycles. The van der Waals surface area contributed by atoms with E-state index in [1.165, 1.54) is 0 Å². The lowest BCUT2D eigenvalue weighted by molar-refractivity contribution is -0.121. The second kappa shape index (κ2) is 7.07. The van der Waals surface area contributed by atoms with Gasteiger partial charge in [0.15, 0.2) is 0 Å². The van der Waals surface area contributed by atoms with E-state index >= 15 is 0 Å². The molecule has 0 spiro atoms. The first kappa shape index (κ1) is 13.7. The summed E-state index contributed by atoms with van der Waals surface area (Å²) in [5.41, 5.74) is 6.59. The van der Waals surface area contributed by atoms with E-state index in [0.29, 0.717) is 18.9 Å². The van der Waals surface area contributed by atoms with E-state index in [-0.39, 0.29) is 11.9 Å². The molecule has 0 fully saturated rings. The molecule has 0 bridgehead atoms. The minimum absolute atomic E-state index is 0.0725. The van der Waals surface area contributed by atoms with Crippen LogP contribution in [0.5, 0.6) is 0 Å². The average molecular weight is 234 g/mol. The number of hydrogen-bond acceptors (Lipinski definition) is 2. The molecule has 1 unspecified atom stereocenters. The topological polar surface area (TPSA) is 55.1 Å². The van der Waals surface area contributed by atoms with Gasteiger partial charge in [0, 0.05) is 6.04 Å². The Morgan fingerprint density at radius 2 is 1.94 bits per heavy atom. The Bertz CT molecular complexity index is 335. The molecular weight excluding hydrogens is 212 g/mol. The Morgan fingerprint density at radius 1 is 1.29 bits per heavy atom. The van der Waals surface area contributed by atoms with Crippen molar-refractivity contribution in [2.75, 3.05) is 6.54 Å². The van der Waals surface area contributed by atoms with Crippen LogP contribution in [-0.4, -0.2) is 18.5 Å².